The molecule has 0 saturated carbocycles. The van der Waals surface area contributed by atoms with Crippen LogP contribution in [0.5, 0.6) is 11.5 Å². The number of hydrogen-bond acceptors (Lipinski definition) is 2. The van der Waals surface area contributed by atoms with Crippen molar-refractivity contribution in [3.63, 3.8) is 0 Å². The van der Waals surface area contributed by atoms with Gasteiger partial charge in [-0.2, -0.15) is 0 Å². The molecule has 0 aliphatic rings. The number of ketones is 1. The molecule has 0 spiro atoms. The fourth-order valence-electron chi connectivity index (χ4n) is 2.29. The highest BCUT2D eigenvalue weighted by Gasteiger charge is 2.14. The number of fused-ring (bicyclic) bond motifs is 1. The van der Waals surface area contributed by atoms with E-state index in [-0.39, 0.29) is 17.1 Å². The SMILES string of the molecule is CC(=O)c1c(F)cccc1Oc1ccc2ccccc2c1. The Kier molecular flexibility index (Phi) is 3.40. The molecule has 0 aromatic heterocycles. The summed E-state index contributed by atoms with van der Waals surface area (Å²) in [5.74, 6) is -0.121. The molecule has 2 nitrogen and oxygen atoms in total. The molecule has 0 unspecified atom stereocenters. The standard InChI is InChI=1S/C18H13FO2/c1-12(20)18-16(19)7-4-8-17(18)21-15-10-9-13-5-2-3-6-14(13)11-15/h2-11H,1H3. The van der Waals surface area contributed by atoms with Crippen LogP contribution < -0.4 is 4.74 Å². The van der Waals surface area contributed by atoms with Crippen molar-refractivity contribution in [1.29, 1.82) is 0 Å². The lowest BCUT2D eigenvalue weighted by molar-refractivity contribution is 0.101. The van der Waals surface area contributed by atoms with Gasteiger partial charge in [-0.05, 0) is 42.0 Å². The monoisotopic (exact) mass is 280 g/mol. The van der Waals surface area contributed by atoms with E-state index in [0.29, 0.717) is 5.75 Å². The minimum Gasteiger partial charge on any atom is -0.456 e. The summed E-state index contributed by atoms with van der Waals surface area (Å²) < 4.78 is 19.5. The quantitative estimate of drug-likeness (QED) is 0.633. The van der Waals surface area contributed by atoms with E-state index in [0.717, 1.165) is 10.8 Å². The van der Waals surface area contributed by atoms with E-state index in [4.69, 9.17) is 4.74 Å². The van der Waals surface area contributed by atoms with Crippen molar-refractivity contribution in [2.45, 2.75) is 6.92 Å². The topological polar surface area (TPSA) is 26.3 Å². The maximum Gasteiger partial charge on any atom is 0.166 e. The van der Waals surface area contributed by atoms with E-state index in [1.807, 2.05) is 36.4 Å². The van der Waals surface area contributed by atoms with Gasteiger partial charge in [-0.3, -0.25) is 4.79 Å². The highest BCUT2D eigenvalue weighted by molar-refractivity contribution is 5.97. The van der Waals surface area contributed by atoms with Gasteiger partial charge in [-0.15, -0.1) is 0 Å². The Hall–Kier alpha value is -2.68. The molecule has 0 aliphatic carbocycles. The van der Waals surface area contributed by atoms with E-state index in [1.165, 1.54) is 19.1 Å². The maximum absolute atomic E-state index is 13.8. The van der Waals surface area contributed by atoms with Crippen LogP contribution in [0, 0.1) is 5.82 Å². The molecule has 0 aliphatic heterocycles. The molecule has 0 atom stereocenters. The van der Waals surface area contributed by atoms with E-state index in [1.54, 1.807) is 12.1 Å². The summed E-state index contributed by atoms with van der Waals surface area (Å²) in [5.41, 5.74) is -0.0225. The lowest BCUT2D eigenvalue weighted by Gasteiger charge is -2.10. The Labute approximate surface area is 121 Å². The third-order valence-corrected chi connectivity index (χ3v) is 3.28. The number of carbonyl (C=O) groups is 1. The van der Waals surface area contributed by atoms with E-state index in [9.17, 15) is 9.18 Å². The molecule has 21 heavy (non-hydrogen) atoms. The molecule has 0 heterocycles. The van der Waals surface area contributed by atoms with Crippen molar-refractivity contribution in [3.8, 4) is 11.5 Å². The zero-order chi connectivity index (χ0) is 14.8. The van der Waals surface area contributed by atoms with Crippen molar-refractivity contribution < 1.29 is 13.9 Å². The van der Waals surface area contributed by atoms with E-state index in [2.05, 4.69) is 0 Å². The molecule has 3 heteroatoms. The third kappa shape index (κ3) is 2.63. The van der Waals surface area contributed by atoms with Crippen molar-refractivity contribution >= 4 is 16.6 Å². The molecule has 3 aromatic rings. The van der Waals surface area contributed by atoms with Crippen LogP contribution in [0.25, 0.3) is 10.8 Å². The highest BCUT2D eigenvalue weighted by atomic mass is 19.1. The van der Waals surface area contributed by atoms with Gasteiger partial charge in [0.1, 0.15) is 17.3 Å². The smallest absolute Gasteiger partial charge is 0.166 e. The normalized spacial score (nSPS) is 10.6. The molecule has 0 saturated heterocycles. The van der Waals surface area contributed by atoms with Crippen molar-refractivity contribution in [1.82, 2.24) is 0 Å². The van der Waals surface area contributed by atoms with Crippen molar-refractivity contribution in [2.24, 2.45) is 0 Å². The summed E-state index contributed by atoms with van der Waals surface area (Å²) in [7, 11) is 0. The van der Waals surface area contributed by atoms with Gasteiger partial charge in [0.15, 0.2) is 5.78 Å². The summed E-state index contributed by atoms with van der Waals surface area (Å²) in [5, 5.41) is 2.12. The van der Waals surface area contributed by atoms with Crippen molar-refractivity contribution in [3.05, 3.63) is 72.0 Å². The average molecular weight is 280 g/mol. The molecule has 104 valence electrons. The van der Waals surface area contributed by atoms with Gasteiger partial charge in [0, 0.05) is 0 Å². The first kappa shape index (κ1) is 13.3. The van der Waals surface area contributed by atoms with Gasteiger partial charge in [0.05, 0.1) is 5.56 Å². The minimum atomic E-state index is -0.569. The Morgan fingerprint density at radius 3 is 2.48 bits per heavy atom. The first-order chi connectivity index (χ1) is 10.1. The van der Waals surface area contributed by atoms with Crippen LogP contribution in [0.15, 0.2) is 60.7 Å². The minimum absolute atomic E-state index is 0.0225. The van der Waals surface area contributed by atoms with Crippen LogP contribution in [0.4, 0.5) is 4.39 Å². The Morgan fingerprint density at radius 1 is 0.952 bits per heavy atom. The fourth-order valence-corrected chi connectivity index (χ4v) is 2.29. The molecule has 0 bridgehead atoms. The highest BCUT2D eigenvalue weighted by Crippen LogP contribution is 2.29. The molecule has 0 amide bonds. The average Bonchev–Trinajstić information content (AvgIpc) is 2.47. The Morgan fingerprint density at radius 2 is 1.71 bits per heavy atom. The van der Waals surface area contributed by atoms with Gasteiger partial charge in [0.25, 0.3) is 0 Å². The lowest BCUT2D eigenvalue weighted by Crippen LogP contribution is -2.00. The lowest BCUT2D eigenvalue weighted by atomic mass is 10.1. The number of carbonyl (C=O) groups excluding carboxylic acids is 1. The first-order valence-electron chi connectivity index (χ1n) is 6.61. The number of benzene rings is 3. The molecule has 0 radical (unpaired) electrons. The molecule has 0 N–H and O–H groups in total. The van der Waals surface area contributed by atoms with Crippen LogP contribution >= 0.6 is 0 Å². The van der Waals surface area contributed by atoms with Crippen LogP contribution in [-0.2, 0) is 0 Å². The number of halogens is 1. The van der Waals surface area contributed by atoms with Gasteiger partial charge < -0.3 is 4.74 Å². The predicted octanol–water partition coefficient (Wildman–Crippen LogP) is 4.97. The predicted molar refractivity (Wildman–Crippen MR) is 80.4 cm³/mol. The summed E-state index contributed by atoms with van der Waals surface area (Å²) in [6, 6.07) is 17.8. The molecule has 0 fully saturated rings. The summed E-state index contributed by atoms with van der Waals surface area (Å²) >= 11 is 0. The Bertz CT molecular complexity index is 824. The van der Waals surface area contributed by atoms with E-state index >= 15 is 0 Å². The van der Waals surface area contributed by atoms with E-state index < -0.39 is 5.82 Å². The summed E-state index contributed by atoms with van der Waals surface area (Å²) in [4.78, 5) is 11.6. The zero-order valence-electron chi connectivity index (χ0n) is 11.5. The van der Waals surface area contributed by atoms with Gasteiger partial charge in [-0.1, -0.05) is 36.4 Å². The van der Waals surface area contributed by atoms with Crippen LogP contribution in [0.1, 0.15) is 17.3 Å². The molecular weight excluding hydrogens is 267 g/mol. The molecule has 3 rings (SSSR count). The van der Waals surface area contributed by atoms with Crippen LogP contribution in [-0.4, -0.2) is 5.78 Å². The number of rotatable bonds is 3. The van der Waals surface area contributed by atoms with Gasteiger partial charge >= 0.3 is 0 Å². The molecular formula is C18H13FO2. The second kappa shape index (κ2) is 5.37. The second-order valence-electron chi connectivity index (χ2n) is 4.78. The maximum atomic E-state index is 13.8. The summed E-state index contributed by atoms with van der Waals surface area (Å²) in [6.07, 6.45) is 0. The van der Waals surface area contributed by atoms with Crippen molar-refractivity contribution in [2.75, 3.05) is 0 Å². The summed E-state index contributed by atoms with van der Waals surface area (Å²) in [6.45, 7) is 1.33. The molecule has 3 aromatic carbocycles. The van der Waals surface area contributed by atoms with Gasteiger partial charge in [-0.25, -0.2) is 4.39 Å². The number of Topliss-reactive ketones (excluding diaryl/α,β-unsaturated/α-hetero) is 1. The first-order valence-corrected chi connectivity index (χ1v) is 6.61. The third-order valence-electron chi connectivity index (χ3n) is 3.28. The fraction of sp³-hybridized carbons (Fsp3) is 0.0556. The van der Waals surface area contributed by atoms with Crippen LogP contribution in [0.2, 0.25) is 0 Å². The second-order valence-corrected chi connectivity index (χ2v) is 4.78. The largest absolute Gasteiger partial charge is 0.456 e. The zero-order valence-corrected chi connectivity index (χ0v) is 11.5. The number of hydrogen-bond donors (Lipinski definition) is 0. The number of ether oxygens (including phenoxy) is 1. The van der Waals surface area contributed by atoms with Gasteiger partial charge in [0.2, 0.25) is 0 Å². The van der Waals surface area contributed by atoms with Crippen LogP contribution in [0.3, 0.4) is 0 Å². The Balaban J connectivity index is 2.02.